The molecule has 1 aromatic rings. The Balaban J connectivity index is 2.15. The second kappa shape index (κ2) is 5.88. The predicted molar refractivity (Wildman–Crippen MR) is 88.6 cm³/mol. The average Bonchev–Trinajstić information content (AvgIpc) is 3.17. The third-order valence-corrected chi connectivity index (χ3v) is 5.23. The minimum absolute atomic E-state index is 0.0471. The summed E-state index contributed by atoms with van der Waals surface area (Å²) in [6, 6.07) is 4.62. The molecule has 1 unspecified atom stereocenters. The van der Waals surface area contributed by atoms with Crippen molar-refractivity contribution in [1.29, 1.82) is 0 Å². The Morgan fingerprint density at radius 1 is 1.42 bits per heavy atom. The van der Waals surface area contributed by atoms with E-state index < -0.39 is 23.4 Å². The molecule has 24 heavy (non-hydrogen) atoms. The number of ether oxygens (including phenoxy) is 2. The summed E-state index contributed by atoms with van der Waals surface area (Å²) in [5, 5.41) is 3.65. The average molecular weight is 373 g/mol. The van der Waals surface area contributed by atoms with Crippen LogP contribution in [-0.2, 0) is 19.1 Å². The number of esters is 1. The van der Waals surface area contributed by atoms with Crippen LogP contribution in [0.5, 0.6) is 0 Å². The number of nitrogens with zero attached hydrogens (tertiary/aromatic N) is 1. The van der Waals surface area contributed by atoms with Gasteiger partial charge in [-0.25, -0.2) is 9.69 Å². The molecule has 2 heterocycles. The van der Waals surface area contributed by atoms with Crippen LogP contribution >= 0.6 is 23.2 Å². The quantitative estimate of drug-likeness (QED) is 0.649. The molecular formula is C16H18Cl2N2O4. The standard InChI is InChI=1S/C16H18Cl2N2O4/c1-4-24-15(2)19-11(21)8-16(14(22)23-3)13(20(15)16)12-9(17)6-5-7-10(12)18/h5-7,13H,4,8H2,1-3H3,(H,19,21)/t13-,15-,16-,20?/m1/s1. The third-order valence-electron chi connectivity index (χ3n) is 4.57. The Bertz CT molecular complexity index is 693. The maximum absolute atomic E-state index is 12.6. The summed E-state index contributed by atoms with van der Waals surface area (Å²) >= 11 is 12.7. The molecule has 1 amide bonds. The zero-order valence-corrected chi connectivity index (χ0v) is 15.1. The number of methoxy groups -OCH3 is 1. The highest BCUT2D eigenvalue weighted by molar-refractivity contribution is 6.36. The summed E-state index contributed by atoms with van der Waals surface area (Å²) in [6.07, 6.45) is -0.0471. The van der Waals surface area contributed by atoms with Crippen molar-refractivity contribution in [2.75, 3.05) is 13.7 Å². The van der Waals surface area contributed by atoms with Crippen LogP contribution in [0.15, 0.2) is 18.2 Å². The SMILES string of the molecule is CCO[C@]1(C)NC(=O)C[C@]2(C(=O)OC)[C@@H](c3c(Cl)cccc3Cl)N12. The lowest BCUT2D eigenvalue weighted by Crippen LogP contribution is -2.61. The van der Waals surface area contributed by atoms with Crippen molar-refractivity contribution in [2.24, 2.45) is 0 Å². The molecule has 2 fully saturated rings. The van der Waals surface area contributed by atoms with Gasteiger partial charge >= 0.3 is 5.97 Å². The summed E-state index contributed by atoms with van der Waals surface area (Å²) in [6.45, 7) is 3.87. The Morgan fingerprint density at radius 2 is 2.04 bits per heavy atom. The molecule has 2 aliphatic rings. The fourth-order valence-electron chi connectivity index (χ4n) is 3.73. The number of hydrogen-bond acceptors (Lipinski definition) is 5. The molecule has 0 aliphatic carbocycles. The third kappa shape index (κ3) is 2.32. The van der Waals surface area contributed by atoms with Gasteiger partial charge < -0.3 is 14.8 Å². The lowest BCUT2D eigenvalue weighted by atomic mass is 9.94. The van der Waals surface area contributed by atoms with Crippen LogP contribution in [0.1, 0.15) is 31.9 Å². The second-order valence-corrected chi connectivity index (χ2v) is 6.78. The molecule has 6 nitrogen and oxygen atoms in total. The van der Waals surface area contributed by atoms with Gasteiger partial charge in [0.25, 0.3) is 0 Å². The molecule has 8 heteroatoms. The highest BCUT2D eigenvalue weighted by Gasteiger charge is 2.78. The maximum Gasteiger partial charge on any atom is 0.329 e. The topological polar surface area (TPSA) is 67.6 Å². The van der Waals surface area contributed by atoms with Crippen LogP contribution in [0, 0.1) is 0 Å². The van der Waals surface area contributed by atoms with Crippen molar-refractivity contribution in [3.05, 3.63) is 33.8 Å². The molecule has 0 spiro atoms. The number of hydrogen-bond donors (Lipinski definition) is 1. The maximum atomic E-state index is 12.6. The summed E-state index contributed by atoms with van der Waals surface area (Å²) in [4.78, 5) is 26.6. The number of amides is 1. The van der Waals surface area contributed by atoms with Crippen molar-refractivity contribution >= 4 is 35.1 Å². The van der Waals surface area contributed by atoms with E-state index in [9.17, 15) is 9.59 Å². The lowest BCUT2D eigenvalue weighted by molar-refractivity contribution is -0.175. The van der Waals surface area contributed by atoms with Crippen LogP contribution in [0.25, 0.3) is 0 Å². The molecule has 1 aromatic carbocycles. The second-order valence-electron chi connectivity index (χ2n) is 5.96. The van der Waals surface area contributed by atoms with Gasteiger partial charge in [-0.05, 0) is 26.0 Å². The van der Waals surface area contributed by atoms with E-state index in [1.165, 1.54) is 7.11 Å². The highest BCUT2D eigenvalue weighted by atomic mass is 35.5. The molecule has 1 N–H and O–H groups in total. The van der Waals surface area contributed by atoms with Gasteiger partial charge in [-0.15, -0.1) is 0 Å². The number of benzene rings is 1. The monoisotopic (exact) mass is 372 g/mol. The van der Waals surface area contributed by atoms with Gasteiger partial charge in [-0.1, -0.05) is 29.3 Å². The van der Waals surface area contributed by atoms with E-state index >= 15 is 0 Å². The summed E-state index contributed by atoms with van der Waals surface area (Å²) in [5.41, 5.74) is -0.580. The van der Waals surface area contributed by atoms with E-state index in [0.29, 0.717) is 22.2 Å². The van der Waals surface area contributed by atoms with E-state index in [1.54, 1.807) is 30.0 Å². The van der Waals surface area contributed by atoms with Crippen LogP contribution in [-0.4, -0.2) is 41.9 Å². The van der Waals surface area contributed by atoms with Crippen molar-refractivity contribution in [3.8, 4) is 0 Å². The molecule has 2 saturated heterocycles. The Kier molecular flexibility index (Phi) is 4.28. The summed E-state index contributed by atoms with van der Waals surface area (Å²) < 4.78 is 10.7. The van der Waals surface area contributed by atoms with Crippen molar-refractivity contribution < 1.29 is 19.1 Å². The molecule has 4 atom stereocenters. The van der Waals surface area contributed by atoms with E-state index in [1.807, 2.05) is 6.92 Å². The molecule has 0 radical (unpaired) electrons. The van der Waals surface area contributed by atoms with Gasteiger partial charge in [-0.2, -0.15) is 0 Å². The number of carbonyl (C=O) groups is 2. The van der Waals surface area contributed by atoms with Crippen LogP contribution in [0.3, 0.4) is 0 Å². The Labute approximate surface area is 150 Å². The molecule has 0 saturated carbocycles. The first kappa shape index (κ1) is 17.5. The van der Waals surface area contributed by atoms with E-state index in [2.05, 4.69) is 5.32 Å². The van der Waals surface area contributed by atoms with E-state index in [0.717, 1.165) is 0 Å². The van der Waals surface area contributed by atoms with E-state index in [4.69, 9.17) is 32.7 Å². The van der Waals surface area contributed by atoms with Gasteiger partial charge in [0, 0.05) is 22.2 Å². The number of halogens is 2. The van der Waals surface area contributed by atoms with Gasteiger partial charge in [0.1, 0.15) is 0 Å². The van der Waals surface area contributed by atoms with Crippen LogP contribution in [0.2, 0.25) is 10.0 Å². The van der Waals surface area contributed by atoms with Gasteiger partial charge in [-0.3, -0.25) is 4.79 Å². The minimum atomic E-state index is -1.17. The number of rotatable bonds is 4. The fraction of sp³-hybridized carbons (Fsp3) is 0.500. The zero-order valence-electron chi connectivity index (χ0n) is 13.6. The fourth-order valence-corrected chi connectivity index (χ4v) is 4.34. The first-order chi connectivity index (χ1) is 11.3. The normalized spacial score (nSPS) is 34.3. The van der Waals surface area contributed by atoms with Gasteiger partial charge in [0.15, 0.2) is 11.4 Å². The Morgan fingerprint density at radius 3 is 2.58 bits per heavy atom. The first-order valence-corrected chi connectivity index (χ1v) is 8.34. The zero-order chi connectivity index (χ0) is 17.7. The Hall–Kier alpha value is -1.34. The van der Waals surface area contributed by atoms with Crippen molar-refractivity contribution in [2.45, 2.75) is 37.7 Å². The van der Waals surface area contributed by atoms with E-state index in [-0.39, 0.29) is 12.3 Å². The number of nitrogens with one attached hydrogen (secondary N) is 1. The summed E-state index contributed by atoms with van der Waals surface area (Å²) in [7, 11) is 1.30. The summed E-state index contributed by atoms with van der Waals surface area (Å²) in [5.74, 6) is -1.95. The lowest BCUT2D eigenvalue weighted by Gasteiger charge is -2.37. The van der Waals surface area contributed by atoms with Crippen molar-refractivity contribution in [3.63, 3.8) is 0 Å². The number of fused-ring (bicyclic) bond motifs is 1. The van der Waals surface area contributed by atoms with Gasteiger partial charge in [0.2, 0.25) is 5.91 Å². The first-order valence-electron chi connectivity index (χ1n) is 7.58. The number of carbonyl (C=O) groups excluding carboxylic acids is 2. The van der Waals surface area contributed by atoms with Crippen molar-refractivity contribution in [1.82, 2.24) is 10.2 Å². The largest absolute Gasteiger partial charge is 0.468 e. The molecule has 130 valence electrons. The van der Waals surface area contributed by atoms with Crippen LogP contribution in [0.4, 0.5) is 0 Å². The molecule has 0 bridgehead atoms. The minimum Gasteiger partial charge on any atom is -0.468 e. The molecule has 0 aromatic heterocycles. The molecular weight excluding hydrogens is 355 g/mol. The smallest absolute Gasteiger partial charge is 0.329 e. The van der Waals surface area contributed by atoms with Gasteiger partial charge in [0.05, 0.1) is 19.6 Å². The molecule has 2 aliphatic heterocycles. The molecule has 3 rings (SSSR count). The predicted octanol–water partition coefficient (Wildman–Crippen LogP) is 2.49. The van der Waals surface area contributed by atoms with Crippen LogP contribution < -0.4 is 5.32 Å². The highest BCUT2D eigenvalue weighted by Crippen LogP contribution is 2.63.